The van der Waals surface area contributed by atoms with Crippen molar-refractivity contribution < 1.29 is 19.4 Å². The maximum atomic E-state index is 12.6. The van der Waals surface area contributed by atoms with Crippen LogP contribution in [0, 0.1) is 11.3 Å². The van der Waals surface area contributed by atoms with Gasteiger partial charge in [0.05, 0.1) is 26.4 Å². The zero-order valence-corrected chi connectivity index (χ0v) is 15.5. The average Bonchev–Trinajstić information content (AvgIpc) is 2.98. The molecule has 3 aliphatic rings. The zero-order valence-electron chi connectivity index (χ0n) is 15.5. The van der Waals surface area contributed by atoms with Gasteiger partial charge >= 0.3 is 0 Å². The number of aliphatic hydroxyl groups is 1. The molecule has 1 atom stereocenters. The summed E-state index contributed by atoms with van der Waals surface area (Å²) in [5.41, 5.74) is 0.165. The molecule has 0 bridgehead atoms. The first-order chi connectivity index (χ1) is 12.2. The highest BCUT2D eigenvalue weighted by Gasteiger charge is 2.47. The molecule has 3 saturated heterocycles. The first-order valence-electron chi connectivity index (χ1n) is 9.57. The molecule has 3 heterocycles. The lowest BCUT2D eigenvalue weighted by atomic mass is 9.71. The molecule has 1 N–H and O–H groups in total. The molecule has 3 aliphatic heterocycles. The van der Waals surface area contributed by atoms with Crippen molar-refractivity contribution in [2.45, 2.75) is 12.8 Å². The molecule has 3 rings (SSSR count). The minimum Gasteiger partial charge on any atom is -0.396 e. The Morgan fingerprint density at radius 3 is 2.56 bits per heavy atom. The molecule has 0 aromatic rings. The van der Waals surface area contributed by atoms with Gasteiger partial charge in [0.2, 0.25) is 5.91 Å². The second-order valence-electron chi connectivity index (χ2n) is 7.74. The molecule has 0 saturated carbocycles. The molecular weight excluding hydrogens is 322 g/mol. The fraction of sp³-hybridized carbons (Fsp3) is 0.944. The summed E-state index contributed by atoms with van der Waals surface area (Å²) in [7, 11) is 1.73. The molecule has 7 heteroatoms. The number of hydrogen-bond donors (Lipinski definition) is 1. The minimum absolute atomic E-state index is 0.165. The Bertz CT molecular complexity index is 434. The number of morpholine rings is 1. The topological polar surface area (TPSA) is 65.5 Å². The first kappa shape index (κ1) is 19.0. The molecule has 0 aliphatic carbocycles. The van der Waals surface area contributed by atoms with Gasteiger partial charge in [-0.1, -0.05) is 0 Å². The maximum absolute atomic E-state index is 12.6. The van der Waals surface area contributed by atoms with Gasteiger partial charge in [-0.25, -0.2) is 0 Å². The van der Waals surface area contributed by atoms with Gasteiger partial charge in [0.15, 0.2) is 0 Å². The first-order valence-corrected chi connectivity index (χ1v) is 9.57. The Hall–Kier alpha value is -0.730. The average molecular weight is 355 g/mol. The van der Waals surface area contributed by atoms with E-state index in [1.807, 2.05) is 4.90 Å². The molecule has 7 nitrogen and oxygen atoms in total. The third kappa shape index (κ3) is 4.52. The molecule has 1 spiro atoms. The molecule has 1 amide bonds. The predicted octanol–water partition coefficient (Wildman–Crippen LogP) is -0.502. The number of amides is 1. The summed E-state index contributed by atoms with van der Waals surface area (Å²) in [6, 6.07) is 0. The van der Waals surface area contributed by atoms with Crippen molar-refractivity contribution in [2.24, 2.45) is 11.3 Å². The van der Waals surface area contributed by atoms with Crippen molar-refractivity contribution in [2.75, 3.05) is 85.9 Å². The van der Waals surface area contributed by atoms with E-state index in [-0.39, 0.29) is 17.9 Å². The third-order valence-corrected chi connectivity index (χ3v) is 6.29. The summed E-state index contributed by atoms with van der Waals surface area (Å²) in [6.45, 7) is 9.18. The van der Waals surface area contributed by atoms with Gasteiger partial charge < -0.3 is 24.4 Å². The standard InChI is InChI=1S/C18H33N3O4/c1-24-9-6-20-12-16(14-22)18(15-20)2-4-21(5-3-18)17(23)13-19-7-10-25-11-8-19/h16,22H,2-15H2,1H3. The van der Waals surface area contributed by atoms with E-state index >= 15 is 0 Å². The van der Waals surface area contributed by atoms with E-state index in [4.69, 9.17) is 9.47 Å². The van der Waals surface area contributed by atoms with Crippen LogP contribution >= 0.6 is 0 Å². The third-order valence-electron chi connectivity index (χ3n) is 6.29. The highest BCUT2D eigenvalue weighted by Crippen LogP contribution is 2.44. The van der Waals surface area contributed by atoms with Crippen LogP contribution in [0.5, 0.6) is 0 Å². The number of rotatable bonds is 6. The van der Waals surface area contributed by atoms with E-state index in [2.05, 4.69) is 9.80 Å². The van der Waals surface area contributed by atoms with Crippen molar-refractivity contribution in [1.29, 1.82) is 0 Å². The number of carbonyl (C=O) groups excluding carboxylic acids is 1. The normalized spacial score (nSPS) is 27.9. The number of piperidine rings is 1. The summed E-state index contributed by atoms with van der Waals surface area (Å²) >= 11 is 0. The van der Waals surface area contributed by atoms with Gasteiger partial charge in [0.25, 0.3) is 0 Å². The number of aliphatic hydroxyl groups excluding tert-OH is 1. The Kier molecular flexibility index (Phi) is 6.68. The van der Waals surface area contributed by atoms with Crippen LogP contribution in [0.2, 0.25) is 0 Å². The molecule has 1 unspecified atom stereocenters. The smallest absolute Gasteiger partial charge is 0.236 e. The lowest BCUT2D eigenvalue weighted by Gasteiger charge is -2.43. The molecule has 0 aromatic heterocycles. The Morgan fingerprint density at radius 1 is 1.20 bits per heavy atom. The van der Waals surface area contributed by atoms with E-state index in [9.17, 15) is 9.90 Å². The zero-order chi connectivity index (χ0) is 17.7. The summed E-state index contributed by atoms with van der Waals surface area (Å²) in [5.74, 6) is 0.562. The van der Waals surface area contributed by atoms with Crippen LogP contribution in [-0.2, 0) is 14.3 Å². The van der Waals surface area contributed by atoms with Crippen LogP contribution in [0.15, 0.2) is 0 Å². The number of nitrogens with zero attached hydrogens (tertiary/aromatic N) is 3. The van der Waals surface area contributed by atoms with Crippen LogP contribution < -0.4 is 0 Å². The minimum atomic E-state index is 0.165. The second-order valence-corrected chi connectivity index (χ2v) is 7.74. The van der Waals surface area contributed by atoms with E-state index in [0.29, 0.717) is 12.5 Å². The number of ether oxygens (including phenoxy) is 2. The van der Waals surface area contributed by atoms with E-state index in [1.54, 1.807) is 7.11 Å². The number of hydrogen-bond acceptors (Lipinski definition) is 6. The highest BCUT2D eigenvalue weighted by atomic mass is 16.5. The number of methoxy groups -OCH3 is 1. The maximum Gasteiger partial charge on any atom is 0.236 e. The fourth-order valence-corrected chi connectivity index (χ4v) is 4.60. The van der Waals surface area contributed by atoms with Crippen molar-refractivity contribution >= 4 is 5.91 Å². The Morgan fingerprint density at radius 2 is 1.92 bits per heavy atom. The SMILES string of the molecule is COCCN1CC(CO)C2(CCN(C(=O)CN3CCOCC3)CC2)C1. The lowest BCUT2D eigenvalue weighted by Crippen LogP contribution is -2.50. The van der Waals surface area contributed by atoms with Gasteiger partial charge in [-0.2, -0.15) is 0 Å². The fourth-order valence-electron chi connectivity index (χ4n) is 4.60. The summed E-state index contributed by atoms with van der Waals surface area (Å²) in [5, 5.41) is 9.86. The number of carbonyl (C=O) groups is 1. The predicted molar refractivity (Wildman–Crippen MR) is 94.4 cm³/mol. The summed E-state index contributed by atoms with van der Waals surface area (Å²) in [4.78, 5) is 19.2. The molecule has 3 fully saturated rings. The van der Waals surface area contributed by atoms with Gasteiger partial charge in [0.1, 0.15) is 0 Å². The van der Waals surface area contributed by atoms with Crippen LogP contribution in [0.3, 0.4) is 0 Å². The van der Waals surface area contributed by atoms with E-state index < -0.39 is 0 Å². The van der Waals surface area contributed by atoms with E-state index in [0.717, 1.165) is 78.5 Å². The van der Waals surface area contributed by atoms with E-state index in [1.165, 1.54) is 0 Å². The summed E-state index contributed by atoms with van der Waals surface area (Å²) < 4.78 is 10.5. The molecular formula is C18H33N3O4. The Labute approximate surface area is 150 Å². The lowest BCUT2D eigenvalue weighted by molar-refractivity contribution is -0.136. The van der Waals surface area contributed by atoms with Crippen molar-refractivity contribution in [3.63, 3.8) is 0 Å². The van der Waals surface area contributed by atoms with Gasteiger partial charge in [-0.05, 0) is 18.3 Å². The monoisotopic (exact) mass is 355 g/mol. The summed E-state index contributed by atoms with van der Waals surface area (Å²) in [6.07, 6.45) is 1.99. The van der Waals surface area contributed by atoms with Crippen molar-refractivity contribution in [3.05, 3.63) is 0 Å². The van der Waals surface area contributed by atoms with Crippen molar-refractivity contribution in [3.8, 4) is 0 Å². The Balaban J connectivity index is 1.50. The quantitative estimate of drug-likeness (QED) is 0.693. The molecule has 144 valence electrons. The largest absolute Gasteiger partial charge is 0.396 e. The van der Waals surface area contributed by atoms with Gasteiger partial charge in [0, 0.05) is 65.4 Å². The highest BCUT2D eigenvalue weighted by molar-refractivity contribution is 5.78. The van der Waals surface area contributed by atoms with Crippen molar-refractivity contribution in [1.82, 2.24) is 14.7 Å². The van der Waals surface area contributed by atoms with Gasteiger partial charge in [-0.15, -0.1) is 0 Å². The molecule has 0 radical (unpaired) electrons. The molecule has 25 heavy (non-hydrogen) atoms. The van der Waals surface area contributed by atoms with Crippen LogP contribution in [0.25, 0.3) is 0 Å². The van der Waals surface area contributed by atoms with Crippen LogP contribution in [-0.4, -0.2) is 112 Å². The second kappa shape index (κ2) is 8.77. The van der Waals surface area contributed by atoms with Gasteiger partial charge in [-0.3, -0.25) is 9.69 Å². The molecule has 0 aromatic carbocycles. The number of likely N-dealkylation sites (tertiary alicyclic amines) is 2. The van der Waals surface area contributed by atoms with Crippen LogP contribution in [0.4, 0.5) is 0 Å². The van der Waals surface area contributed by atoms with Crippen LogP contribution in [0.1, 0.15) is 12.8 Å².